The van der Waals surface area contributed by atoms with Gasteiger partial charge in [-0.25, -0.2) is 18.2 Å². The van der Waals surface area contributed by atoms with Gasteiger partial charge in [0.1, 0.15) is 12.4 Å². The van der Waals surface area contributed by atoms with Gasteiger partial charge in [0.05, 0.1) is 38.1 Å². The number of carbonyl (C=O) groups excluding carboxylic acids is 1. The van der Waals surface area contributed by atoms with Crippen molar-refractivity contribution in [3.8, 4) is 17.2 Å². The summed E-state index contributed by atoms with van der Waals surface area (Å²) < 4.78 is 56.9. The van der Waals surface area contributed by atoms with E-state index in [1.807, 2.05) is 6.92 Å². The number of ether oxygens (including phenoxy) is 3. The summed E-state index contributed by atoms with van der Waals surface area (Å²) in [6, 6.07) is 14.3. The number of sulfonamides is 1. The molecule has 0 unspecified atom stereocenters. The summed E-state index contributed by atoms with van der Waals surface area (Å²) in [6.07, 6.45) is 1.35. The number of anilines is 1. The molecule has 3 aromatic rings. The van der Waals surface area contributed by atoms with Crippen molar-refractivity contribution in [3.63, 3.8) is 0 Å². The van der Waals surface area contributed by atoms with Crippen molar-refractivity contribution < 1.29 is 31.8 Å². The number of rotatable bonds is 10. The summed E-state index contributed by atoms with van der Waals surface area (Å²) in [5.41, 5.74) is 3.85. The molecular formula is C25H26FN3O6S. The van der Waals surface area contributed by atoms with Gasteiger partial charge in [0.2, 0.25) is 5.75 Å². The standard InChI is InChI=1S/C25H26FN3O6S/c1-17-5-11-21(12-6-17)36(31,32)29(20-9-7-19(26)8-10-20)16-24(30)28-27-15-18-13-22(33-2)25(35-4)23(14-18)34-3/h5-15H,16H2,1-4H3,(H,28,30)/b27-15-. The molecule has 190 valence electrons. The first kappa shape index (κ1) is 26.5. The van der Waals surface area contributed by atoms with Crippen LogP contribution in [0.25, 0.3) is 0 Å². The van der Waals surface area contributed by atoms with Crippen LogP contribution in [0.3, 0.4) is 0 Å². The second kappa shape index (κ2) is 11.5. The number of methoxy groups -OCH3 is 3. The molecule has 0 spiro atoms. The number of hydrogen-bond acceptors (Lipinski definition) is 7. The van der Waals surface area contributed by atoms with Crippen LogP contribution in [0.1, 0.15) is 11.1 Å². The highest BCUT2D eigenvalue weighted by Gasteiger charge is 2.27. The van der Waals surface area contributed by atoms with E-state index in [4.69, 9.17) is 14.2 Å². The van der Waals surface area contributed by atoms with Crippen LogP contribution < -0.4 is 23.9 Å². The zero-order chi connectivity index (χ0) is 26.3. The molecule has 36 heavy (non-hydrogen) atoms. The van der Waals surface area contributed by atoms with Gasteiger partial charge in [0.15, 0.2) is 11.5 Å². The van der Waals surface area contributed by atoms with Crippen LogP contribution in [-0.4, -0.2) is 48.4 Å². The van der Waals surface area contributed by atoms with Gasteiger partial charge >= 0.3 is 0 Å². The number of nitrogens with one attached hydrogen (secondary N) is 1. The molecule has 0 atom stereocenters. The number of halogens is 1. The van der Waals surface area contributed by atoms with Gasteiger partial charge in [0.25, 0.3) is 15.9 Å². The lowest BCUT2D eigenvalue weighted by molar-refractivity contribution is -0.119. The van der Waals surface area contributed by atoms with Crippen LogP contribution >= 0.6 is 0 Å². The first-order chi connectivity index (χ1) is 17.2. The molecule has 0 saturated heterocycles. The van der Waals surface area contributed by atoms with Crippen molar-refractivity contribution in [2.75, 3.05) is 32.2 Å². The van der Waals surface area contributed by atoms with Gasteiger partial charge in [-0.2, -0.15) is 5.10 Å². The Morgan fingerprint density at radius 2 is 1.56 bits per heavy atom. The molecule has 0 aliphatic rings. The Hall–Kier alpha value is -4.12. The van der Waals surface area contributed by atoms with Gasteiger partial charge in [-0.1, -0.05) is 17.7 Å². The summed E-state index contributed by atoms with van der Waals surface area (Å²) in [5, 5.41) is 3.92. The van der Waals surface area contributed by atoms with Crippen LogP contribution in [0.15, 0.2) is 70.7 Å². The van der Waals surface area contributed by atoms with E-state index in [2.05, 4.69) is 10.5 Å². The number of benzene rings is 3. The lowest BCUT2D eigenvalue weighted by atomic mass is 10.2. The molecule has 0 bridgehead atoms. The fourth-order valence-electron chi connectivity index (χ4n) is 3.28. The van der Waals surface area contributed by atoms with Gasteiger partial charge in [0, 0.05) is 5.56 Å². The van der Waals surface area contributed by atoms with E-state index in [-0.39, 0.29) is 10.6 Å². The van der Waals surface area contributed by atoms with Gasteiger partial charge < -0.3 is 14.2 Å². The molecule has 0 fully saturated rings. The fraction of sp³-hybridized carbons (Fsp3) is 0.200. The summed E-state index contributed by atoms with van der Waals surface area (Å²) >= 11 is 0. The van der Waals surface area contributed by atoms with Crippen LogP contribution in [0, 0.1) is 12.7 Å². The number of hydrazone groups is 1. The van der Waals surface area contributed by atoms with E-state index in [9.17, 15) is 17.6 Å². The van der Waals surface area contributed by atoms with Crippen molar-refractivity contribution in [1.29, 1.82) is 0 Å². The fourth-order valence-corrected chi connectivity index (χ4v) is 4.70. The molecule has 1 N–H and O–H groups in total. The van der Waals surface area contributed by atoms with Crippen molar-refractivity contribution in [2.24, 2.45) is 5.10 Å². The van der Waals surface area contributed by atoms with Gasteiger partial charge in [-0.05, 0) is 55.5 Å². The average Bonchev–Trinajstić information content (AvgIpc) is 2.87. The maximum Gasteiger partial charge on any atom is 0.264 e. The quantitative estimate of drug-likeness (QED) is 0.327. The normalized spacial score (nSPS) is 11.2. The molecule has 1 amide bonds. The monoisotopic (exact) mass is 515 g/mol. The van der Waals surface area contributed by atoms with E-state index in [1.54, 1.807) is 24.3 Å². The van der Waals surface area contributed by atoms with E-state index < -0.39 is 28.3 Å². The number of nitrogens with zero attached hydrogens (tertiary/aromatic N) is 2. The highest BCUT2D eigenvalue weighted by atomic mass is 32.2. The Labute approximate surface area is 209 Å². The highest BCUT2D eigenvalue weighted by molar-refractivity contribution is 7.92. The highest BCUT2D eigenvalue weighted by Crippen LogP contribution is 2.37. The van der Waals surface area contributed by atoms with Crippen LogP contribution in [0.5, 0.6) is 17.2 Å². The Bertz CT molecular complexity index is 1320. The molecule has 0 aliphatic heterocycles. The predicted molar refractivity (Wildman–Crippen MR) is 134 cm³/mol. The van der Waals surface area contributed by atoms with Gasteiger partial charge in [-0.15, -0.1) is 0 Å². The molecule has 11 heteroatoms. The second-order valence-electron chi connectivity index (χ2n) is 7.55. The first-order valence-corrected chi connectivity index (χ1v) is 12.1. The Kier molecular flexibility index (Phi) is 8.49. The van der Waals surface area contributed by atoms with Crippen LogP contribution in [0.2, 0.25) is 0 Å². The van der Waals surface area contributed by atoms with Crippen molar-refractivity contribution in [3.05, 3.63) is 77.6 Å². The van der Waals surface area contributed by atoms with E-state index in [1.165, 1.54) is 51.8 Å². The molecule has 0 heterocycles. The number of amides is 1. The molecule has 0 radical (unpaired) electrons. The molecule has 0 aromatic heterocycles. The molecule has 3 rings (SSSR count). The van der Waals surface area contributed by atoms with Gasteiger partial charge in [-0.3, -0.25) is 9.10 Å². The minimum atomic E-state index is -4.13. The van der Waals surface area contributed by atoms with E-state index >= 15 is 0 Å². The first-order valence-electron chi connectivity index (χ1n) is 10.7. The maximum absolute atomic E-state index is 13.5. The summed E-state index contributed by atoms with van der Waals surface area (Å²) in [7, 11) is 0.289. The predicted octanol–water partition coefficient (Wildman–Crippen LogP) is 3.51. The number of aryl methyl sites for hydroxylation is 1. The molecule has 0 saturated carbocycles. The summed E-state index contributed by atoms with van der Waals surface area (Å²) in [6.45, 7) is 1.24. The maximum atomic E-state index is 13.5. The molecule has 9 nitrogen and oxygen atoms in total. The van der Waals surface area contributed by atoms with Crippen molar-refractivity contribution in [1.82, 2.24) is 5.43 Å². The lowest BCUT2D eigenvalue weighted by Crippen LogP contribution is -2.39. The SMILES string of the molecule is COc1cc(/C=N\NC(=O)CN(c2ccc(F)cc2)S(=O)(=O)c2ccc(C)cc2)cc(OC)c1OC. The van der Waals surface area contributed by atoms with Crippen LogP contribution in [0.4, 0.5) is 10.1 Å². The minimum Gasteiger partial charge on any atom is -0.493 e. The van der Waals surface area contributed by atoms with Crippen LogP contribution in [-0.2, 0) is 14.8 Å². The van der Waals surface area contributed by atoms with Crippen molar-refractivity contribution >= 4 is 27.8 Å². The topological polar surface area (TPSA) is 107 Å². The number of hydrogen-bond donors (Lipinski definition) is 1. The summed E-state index contributed by atoms with van der Waals surface area (Å²) in [4.78, 5) is 12.7. The Morgan fingerprint density at radius 1 is 0.972 bits per heavy atom. The minimum absolute atomic E-state index is 0.00820. The summed E-state index contributed by atoms with van der Waals surface area (Å²) in [5.74, 6) is -0.0467. The third-order valence-corrected chi connectivity index (χ3v) is 6.89. The number of carbonyl (C=O) groups is 1. The second-order valence-corrected chi connectivity index (χ2v) is 9.42. The van der Waals surface area contributed by atoms with E-state index in [0.717, 1.165) is 22.0 Å². The van der Waals surface area contributed by atoms with Crippen molar-refractivity contribution in [2.45, 2.75) is 11.8 Å². The Morgan fingerprint density at radius 3 is 2.08 bits per heavy atom. The Balaban J connectivity index is 1.84. The third-order valence-electron chi connectivity index (χ3n) is 5.10. The third kappa shape index (κ3) is 6.11. The zero-order valence-electron chi connectivity index (χ0n) is 20.2. The van der Waals surface area contributed by atoms with E-state index in [0.29, 0.717) is 22.8 Å². The molecule has 3 aromatic carbocycles. The molecule has 0 aliphatic carbocycles. The smallest absolute Gasteiger partial charge is 0.264 e. The molecular weight excluding hydrogens is 489 g/mol. The zero-order valence-corrected chi connectivity index (χ0v) is 21.0. The largest absolute Gasteiger partial charge is 0.493 e. The lowest BCUT2D eigenvalue weighted by Gasteiger charge is -2.23. The average molecular weight is 516 g/mol.